The number of thioether (sulfide) groups is 1. The number of carbonyl (C=O) groups is 1. The highest BCUT2D eigenvalue weighted by Gasteiger charge is 2.24. The summed E-state index contributed by atoms with van der Waals surface area (Å²) in [5, 5.41) is 36.3. The first-order chi connectivity index (χ1) is 15.4. The fourth-order valence-corrected chi connectivity index (χ4v) is 3.67. The maximum atomic E-state index is 13.0. The van der Waals surface area contributed by atoms with Gasteiger partial charge in [-0.1, -0.05) is 23.7 Å². The second kappa shape index (κ2) is 11.3. The van der Waals surface area contributed by atoms with Gasteiger partial charge in [-0.2, -0.15) is 16.9 Å². The van der Waals surface area contributed by atoms with Crippen molar-refractivity contribution >= 4 is 35.1 Å². The predicted octanol–water partition coefficient (Wildman–Crippen LogP) is 3.12. The molecule has 0 radical (unpaired) electrons. The summed E-state index contributed by atoms with van der Waals surface area (Å²) in [6.07, 6.45) is 4.60. The number of aromatic nitrogens is 3. The number of benzene rings is 1. The number of carbonyl (C=O) groups excluding carboxylic acids is 1. The fraction of sp³-hybridized carbons (Fsp3) is 0.333. The van der Waals surface area contributed by atoms with Crippen LogP contribution in [-0.2, 0) is 11.3 Å². The van der Waals surface area contributed by atoms with Crippen LogP contribution in [0.25, 0.3) is 0 Å². The zero-order chi connectivity index (χ0) is 23.1. The maximum absolute atomic E-state index is 13.0. The van der Waals surface area contributed by atoms with E-state index in [0.717, 1.165) is 0 Å². The molecule has 9 nitrogen and oxygen atoms in total. The van der Waals surface area contributed by atoms with Crippen LogP contribution in [0.3, 0.4) is 0 Å². The Balaban J connectivity index is 1.76. The molecule has 0 unspecified atom stereocenters. The van der Waals surface area contributed by atoms with Gasteiger partial charge in [-0.25, -0.2) is 0 Å². The third-order valence-corrected chi connectivity index (χ3v) is 5.56. The Hall–Kier alpha value is -2.66. The number of ether oxygens (including phenoxy) is 1. The highest BCUT2D eigenvalue weighted by molar-refractivity contribution is 7.98. The van der Waals surface area contributed by atoms with Gasteiger partial charge in [0.05, 0.1) is 30.5 Å². The first-order valence-electron chi connectivity index (χ1n) is 9.86. The van der Waals surface area contributed by atoms with Crippen LogP contribution < -0.4 is 10.1 Å². The number of amides is 1. The number of rotatable bonds is 11. The smallest absolute Gasteiger partial charge is 0.248 e. The van der Waals surface area contributed by atoms with E-state index in [1.807, 2.05) is 6.26 Å². The van der Waals surface area contributed by atoms with Gasteiger partial charge in [0.1, 0.15) is 17.5 Å². The number of nitrogens with one attached hydrogen (secondary N) is 1. The molecule has 2 atom stereocenters. The molecule has 3 rings (SSSR count). The van der Waals surface area contributed by atoms with Gasteiger partial charge in [-0.3, -0.25) is 9.48 Å². The summed E-state index contributed by atoms with van der Waals surface area (Å²) in [7, 11) is 0. The van der Waals surface area contributed by atoms with Crippen molar-refractivity contribution in [1.82, 2.24) is 14.3 Å². The van der Waals surface area contributed by atoms with Crippen LogP contribution in [0.2, 0.25) is 5.02 Å². The molecule has 0 spiro atoms. The van der Waals surface area contributed by atoms with Gasteiger partial charge in [0.2, 0.25) is 5.91 Å². The first kappa shape index (κ1) is 24.0. The number of aliphatic hydroxyl groups is 2. The Morgan fingerprint density at radius 3 is 2.84 bits per heavy atom. The second-order valence-electron chi connectivity index (χ2n) is 7.02. The van der Waals surface area contributed by atoms with Gasteiger partial charge in [-0.05, 0) is 30.6 Å². The molecule has 0 aliphatic carbocycles. The third-order valence-electron chi connectivity index (χ3n) is 4.60. The van der Waals surface area contributed by atoms with Crippen LogP contribution in [0, 0.1) is 0 Å². The molecule has 1 aromatic carbocycles. The summed E-state index contributed by atoms with van der Waals surface area (Å²) < 4.78 is 8.64. The van der Waals surface area contributed by atoms with Crippen molar-refractivity contribution in [1.29, 1.82) is 0 Å². The Kier molecular flexibility index (Phi) is 8.46. The highest BCUT2D eigenvalue weighted by atomic mass is 35.5. The molecule has 32 heavy (non-hydrogen) atoms. The summed E-state index contributed by atoms with van der Waals surface area (Å²) >= 11 is 7.72. The van der Waals surface area contributed by atoms with Crippen LogP contribution >= 0.6 is 23.4 Å². The molecular formula is C21H25ClN4O5S. The number of hydrogen-bond donors (Lipinski definition) is 4. The topological polar surface area (TPSA) is 122 Å². The minimum Gasteiger partial charge on any atom is -0.494 e. The zero-order valence-corrected chi connectivity index (χ0v) is 19.0. The molecule has 172 valence electrons. The van der Waals surface area contributed by atoms with Crippen molar-refractivity contribution in [2.24, 2.45) is 0 Å². The minimum absolute atomic E-state index is 0.101. The Morgan fingerprint density at radius 2 is 2.12 bits per heavy atom. The average molecular weight is 481 g/mol. The molecular weight excluding hydrogens is 456 g/mol. The van der Waals surface area contributed by atoms with E-state index >= 15 is 0 Å². The van der Waals surface area contributed by atoms with E-state index in [0.29, 0.717) is 34.5 Å². The van der Waals surface area contributed by atoms with E-state index in [2.05, 4.69) is 10.4 Å². The monoisotopic (exact) mass is 480 g/mol. The van der Waals surface area contributed by atoms with E-state index in [-0.39, 0.29) is 24.9 Å². The van der Waals surface area contributed by atoms with Crippen molar-refractivity contribution in [3.8, 4) is 17.4 Å². The van der Waals surface area contributed by atoms with Crippen molar-refractivity contribution in [2.45, 2.75) is 25.1 Å². The number of anilines is 1. The Labute approximate surface area is 194 Å². The molecule has 2 heterocycles. The van der Waals surface area contributed by atoms with Crippen LogP contribution in [0.1, 0.15) is 12.5 Å². The normalized spacial score (nSPS) is 13.0. The molecule has 0 bridgehead atoms. The molecule has 11 heteroatoms. The van der Waals surface area contributed by atoms with E-state index < -0.39 is 12.1 Å². The fourth-order valence-electron chi connectivity index (χ4n) is 3.04. The zero-order valence-electron chi connectivity index (χ0n) is 17.4. The van der Waals surface area contributed by atoms with E-state index in [9.17, 15) is 15.0 Å². The van der Waals surface area contributed by atoms with Crippen molar-refractivity contribution in [3.63, 3.8) is 0 Å². The maximum Gasteiger partial charge on any atom is 0.248 e. The Morgan fingerprint density at radius 1 is 1.34 bits per heavy atom. The lowest BCUT2D eigenvalue weighted by Crippen LogP contribution is -2.26. The molecule has 3 aromatic rings. The van der Waals surface area contributed by atoms with Gasteiger partial charge < -0.3 is 29.9 Å². The highest BCUT2D eigenvalue weighted by Crippen LogP contribution is 2.34. The predicted molar refractivity (Wildman–Crippen MR) is 124 cm³/mol. The van der Waals surface area contributed by atoms with Crippen molar-refractivity contribution in [2.75, 3.05) is 23.9 Å². The lowest BCUT2D eigenvalue weighted by atomic mass is 10.2. The number of aromatic hydroxyl groups is 1. The first-order valence-corrected chi connectivity index (χ1v) is 11.6. The summed E-state index contributed by atoms with van der Waals surface area (Å²) in [4.78, 5) is 13.0. The van der Waals surface area contributed by atoms with Crippen LogP contribution in [-0.4, -0.2) is 60.3 Å². The number of para-hydroxylation sites is 1. The van der Waals surface area contributed by atoms with E-state index in [4.69, 9.17) is 21.4 Å². The van der Waals surface area contributed by atoms with Crippen molar-refractivity contribution < 1.29 is 24.9 Å². The molecule has 0 fully saturated rings. The minimum atomic E-state index is -0.943. The second-order valence-corrected chi connectivity index (χ2v) is 8.41. The van der Waals surface area contributed by atoms with Gasteiger partial charge in [0.25, 0.3) is 0 Å². The van der Waals surface area contributed by atoms with E-state index in [1.54, 1.807) is 54.5 Å². The third kappa shape index (κ3) is 6.19. The summed E-state index contributed by atoms with van der Waals surface area (Å²) in [5.74, 6) is 1.29. The molecule has 0 aliphatic heterocycles. The lowest BCUT2D eigenvalue weighted by Gasteiger charge is -2.18. The average Bonchev–Trinajstić information content (AvgIpc) is 3.36. The lowest BCUT2D eigenvalue weighted by molar-refractivity contribution is -0.119. The van der Waals surface area contributed by atoms with Gasteiger partial charge in [0.15, 0.2) is 11.7 Å². The van der Waals surface area contributed by atoms with Gasteiger partial charge >= 0.3 is 0 Å². The number of halogens is 1. The summed E-state index contributed by atoms with van der Waals surface area (Å²) in [6, 6.07) is 9.28. The Bertz CT molecular complexity index is 1040. The number of nitrogens with zero attached hydrogens (tertiary/aromatic N) is 3. The summed E-state index contributed by atoms with van der Waals surface area (Å²) in [5.41, 5.74) is 0. The summed E-state index contributed by atoms with van der Waals surface area (Å²) in [6.45, 7) is -0.285. The van der Waals surface area contributed by atoms with Crippen LogP contribution in [0.4, 0.5) is 5.82 Å². The molecule has 4 N–H and O–H groups in total. The molecule has 0 saturated carbocycles. The van der Waals surface area contributed by atoms with Crippen LogP contribution in [0.15, 0.2) is 48.8 Å². The molecule has 0 saturated heterocycles. The van der Waals surface area contributed by atoms with Gasteiger partial charge in [0, 0.05) is 18.3 Å². The standard InChI is InChI=1S/C21H25ClN4O5S/c1-32-9-7-17(21(30)23-19-6-8-25(24-19)11-14(28)13-27)26-12-15(10-20(26)29)31-18-5-3-2-4-16(18)22/h2-6,8,10,12,14,17,27-29H,7,9,11,13H2,1H3,(H,23,24,30)/t14-,17+/m1/s1. The van der Waals surface area contributed by atoms with Crippen molar-refractivity contribution in [3.05, 3.63) is 53.8 Å². The van der Waals surface area contributed by atoms with E-state index in [1.165, 1.54) is 15.3 Å². The number of aliphatic hydroxyl groups excluding tert-OH is 2. The molecule has 2 aromatic heterocycles. The largest absolute Gasteiger partial charge is 0.494 e. The van der Waals surface area contributed by atoms with Gasteiger partial charge in [-0.15, -0.1) is 0 Å². The quantitative estimate of drug-likeness (QED) is 0.332. The number of hydrogen-bond acceptors (Lipinski definition) is 7. The molecule has 1 amide bonds. The SMILES string of the molecule is CSCC[C@@H](C(=O)Nc1ccn(C[C@@H](O)CO)n1)n1cc(Oc2ccccc2Cl)cc1O. The molecule has 0 aliphatic rings. The van der Waals surface area contributed by atoms with Crippen LogP contribution in [0.5, 0.6) is 17.4 Å².